The fraction of sp³-hybridized carbons (Fsp3) is 0.269. The van der Waals surface area contributed by atoms with Crippen LogP contribution in [-0.4, -0.2) is 41.1 Å². The number of fused-ring (bicyclic) bond motifs is 1. The largest absolute Gasteiger partial charge is 0.375 e. The van der Waals surface area contributed by atoms with Crippen molar-refractivity contribution in [3.8, 4) is 0 Å². The topological polar surface area (TPSA) is 85.2 Å². The molecule has 0 aliphatic carbocycles. The van der Waals surface area contributed by atoms with Gasteiger partial charge in [-0.3, -0.25) is 9.59 Å². The van der Waals surface area contributed by atoms with Gasteiger partial charge in [0.05, 0.1) is 22.9 Å². The highest BCUT2D eigenvalue weighted by molar-refractivity contribution is 7.07. The molecule has 2 amide bonds. The Hall–Kier alpha value is -3.49. The number of anilines is 1. The highest BCUT2D eigenvalue weighted by Gasteiger charge is 2.19. The van der Waals surface area contributed by atoms with E-state index in [1.54, 1.807) is 29.8 Å². The summed E-state index contributed by atoms with van der Waals surface area (Å²) in [5, 5.41) is 10.0. The van der Waals surface area contributed by atoms with Gasteiger partial charge >= 0.3 is 0 Å². The number of ether oxygens (including phenoxy) is 1. The van der Waals surface area contributed by atoms with E-state index in [0.29, 0.717) is 23.3 Å². The Labute approximate surface area is 202 Å². The third-order valence-electron chi connectivity index (χ3n) is 5.50. The Morgan fingerprint density at radius 1 is 1.15 bits per heavy atom. The second kappa shape index (κ2) is 11.1. The molecule has 0 aliphatic heterocycles. The lowest BCUT2D eigenvalue weighted by molar-refractivity contribution is -0.119. The van der Waals surface area contributed by atoms with E-state index in [4.69, 9.17) is 4.74 Å². The van der Waals surface area contributed by atoms with Gasteiger partial charge in [-0.05, 0) is 59.9 Å². The first-order chi connectivity index (χ1) is 16.5. The number of hydrogen-bond donors (Lipinski definition) is 2. The quantitative estimate of drug-likeness (QED) is 0.358. The molecule has 0 fully saturated rings. The summed E-state index contributed by atoms with van der Waals surface area (Å²) in [5.41, 5.74) is 4.80. The number of aryl methyl sites for hydroxylation is 2. The first-order valence-electron chi connectivity index (χ1n) is 11.2. The third kappa shape index (κ3) is 5.89. The van der Waals surface area contributed by atoms with E-state index in [1.165, 1.54) is 18.2 Å². The third-order valence-corrected chi connectivity index (χ3v) is 6.23. The van der Waals surface area contributed by atoms with E-state index in [9.17, 15) is 9.59 Å². The van der Waals surface area contributed by atoms with E-state index in [1.807, 2.05) is 35.1 Å². The fourth-order valence-electron chi connectivity index (χ4n) is 3.96. The molecule has 7 nitrogen and oxygen atoms in total. The van der Waals surface area contributed by atoms with E-state index < -0.39 is 0 Å². The number of aromatic nitrogens is 2. The Morgan fingerprint density at radius 2 is 1.97 bits per heavy atom. The van der Waals surface area contributed by atoms with Crippen molar-refractivity contribution in [3.05, 3.63) is 82.3 Å². The van der Waals surface area contributed by atoms with Gasteiger partial charge in [0.25, 0.3) is 5.91 Å². The Morgan fingerprint density at radius 3 is 2.71 bits per heavy atom. The van der Waals surface area contributed by atoms with Crippen LogP contribution in [0.3, 0.4) is 0 Å². The second-order valence-electron chi connectivity index (χ2n) is 8.26. The number of thiophene rings is 1. The summed E-state index contributed by atoms with van der Waals surface area (Å²) in [6.07, 6.45) is 3.31. The van der Waals surface area contributed by atoms with Crippen LogP contribution < -0.4 is 10.6 Å². The lowest BCUT2D eigenvalue weighted by Crippen LogP contribution is -2.34. The number of nitrogens with zero attached hydrogens (tertiary/aromatic N) is 2. The molecule has 2 heterocycles. The summed E-state index contributed by atoms with van der Waals surface area (Å²) in [5.74, 6) is -0.487. The molecule has 2 aromatic heterocycles. The number of methoxy groups -OCH3 is 1. The van der Waals surface area contributed by atoms with Crippen molar-refractivity contribution in [1.82, 2.24) is 14.9 Å². The maximum absolute atomic E-state index is 13.4. The van der Waals surface area contributed by atoms with Crippen molar-refractivity contribution < 1.29 is 14.3 Å². The molecule has 0 aliphatic rings. The monoisotopic (exact) mass is 476 g/mol. The van der Waals surface area contributed by atoms with E-state index in [2.05, 4.69) is 39.2 Å². The van der Waals surface area contributed by atoms with Crippen LogP contribution in [0, 0.1) is 0 Å². The Bertz CT molecular complexity index is 1250. The zero-order valence-electron chi connectivity index (χ0n) is 19.3. The minimum Gasteiger partial charge on any atom is -0.375 e. The number of carbonyl (C=O) groups excluding carboxylic acids is 2. The van der Waals surface area contributed by atoms with Crippen molar-refractivity contribution in [2.75, 3.05) is 19.0 Å². The molecule has 0 unspecified atom stereocenters. The summed E-state index contributed by atoms with van der Waals surface area (Å²) >= 11 is 1.64. The molecule has 4 aromatic rings. The number of benzene rings is 2. The SMILES string of the molecule is COCC(=O)Nc1cc(C(=O)N[C@H](C)Cc2ccsc2)c2c(c1)ncn2CCc1ccccc1. The highest BCUT2D eigenvalue weighted by Crippen LogP contribution is 2.25. The molecule has 2 aromatic carbocycles. The maximum atomic E-state index is 13.4. The lowest BCUT2D eigenvalue weighted by atomic mass is 10.1. The average molecular weight is 477 g/mol. The molecule has 0 spiro atoms. The van der Waals surface area contributed by atoms with Crippen molar-refractivity contribution in [3.63, 3.8) is 0 Å². The number of imidazole rings is 1. The molecule has 2 N–H and O–H groups in total. The number of rotatable bonds is 10. The summed E-state index contributed by atoms with van der Waals surface area (Å²) in [4.78, 5) is 30.0. The van der Waals surface area contributed by atoms with Crippen molar-refractivity contribution >= 4 is 39.9 Å². The zero-order valence-corrected chi connectivity index (χ0v) is 20.1. The van der Waals surface area contributed by atoms with E-state index in [0.717, 1.165) is 18.4 Å². The molecule has 1 atom stereocenters. The minimum atomic E-state index is -0.289. The Kier molecular flexibility index (Phi) is 7.72. The summed E-state index contributed by atoms with van der Waals surface area (Å²) in [6.45, 7) is 2.60. The van der Waals surface area contributed by atoms with Crippen LogP contribution in [0.5, 0.6) is 0 Å². The van der Waals surface area contributed by atoms with Crippen molar-refractivity contribution in [2.24, 2.45) is 0 Å². The Balaban J connectivity index is 1.62. The number of nitrogens with one attached hydrogen (secondary N) is 2. The van der Waals surface area contributed by atoms with Gasteiger partial charge in [-0.15, -0.1) is 0 Å². The van der Waals surface area contributed by atoms with Gasteiger partial charge in [-0.25, -0.2) is 4.98 Å². The van der Waals surface area contributed by atoms with Gasteiger partial charge in [-0.2, -0.15) is 11.3 Å². The standard InChI is InChI=1S/C26H28N4O3S/c1-18(12-20-9-11-34-16-20)28-26(32)22-13-21(29-24(31)15-33-2)14-23-25(22)30(17-27-23)10-8-19-6-4-3-5-7-19/h3-7,9,11,13-14,16-18H,8,10,12,15H2,1-2H3,(H,28,32)(H,29,31)/t18-/m1/s1. The molecule has 0 saturated carbocycles. The van der Waals surface area contributed by atoms with Gasteiger partial charge in [-0.1, -0.05) is 30.3 Å². The first kappa shape index (κ1) is 23.7. The molecular formula is C26H28N4O3S. The van der Waals surface area contributed by atoms with E-state index >= 15 is 0 Å². The van der Waals surface area contributed by atoms with Crippen LogP contribution >= 0.6 is 11.3 Å². The highest BCUT2D eigenvalue weighted by atomic mass is 32.1. The predicted molar refractivity (Wildman–Crippen MR) is 135 cm³/mol. The zero-order chi connectivity index (χ0) is 23.9. The average Bonchev–Trinajstić information content (AvgIpc) is 3.47. The van der Waals surface area contributed by atoms with Crippen LogP contribution in [0.4, 0.5) is 5.69 Å². The van der Waals surface area contributed by atoms with Gasteiger partial charge in [0.2, 0.25) is 5.91 Å². The molecule has 0 saturated heterocycles. The molecular weight excluding hydrogens is 448 g/mol. The van der Waals surface area contributed by atoms with Crippen LogP contribution in [0.25, 0.3) is 11.0 Å². The van der Waals surface area contributed by atoms with Crippen molar-refractivity contribution in [1.29, 1.82) is 0 Å². The molecule has 0 radical (unpaired) electrons. The van der Waals surface area contributed by atoms with E-state index in [-0.39, 0.29) is 24.5 Å². The maximum Gasteiger partial charge on any atom is 0.253 e. The summed E-state index contributed by atoms with van der Waals surface area (Å²) in [7, 11) is 1.46. The van der Waals surface area contributed by atoms with Crippen LogP contribution in [0.15, 0.2) is 65.6 Å². The minimum absolute atomic E-state index is 0.0513. The number of amides is 2. The van der Waals surface area contributed by atoms with Gasteiger partial charge in [0.1, 0.15) is 6.61 Å². The molecule has 4 rings (SSSR count). The number of carbonyl (C=O) groups is 2. The van der Waals surface area contributed by atoms with Gasteiger partial charge in [0, 0.05) is 25.4 Å². The van der Waals surface area contributed by atoms with Gasteiger partial charge in [0.15, 0.2) is 0 Å². The smallest absolute Gasteiger partial charge is 0.253 e. The molecule has 34 heavy (non-hydrogen) atoms. The van der Waals surface area contributed by atoms with Crippen LogP contribution in [0.1, 0.15) is 28.4 Å². The van der Waals surface area contributed by atoms with Gasteiger partial charge < -0.3 is 19.9 Å². The fourth-order valence-corrected chi connectivity index (χ4v) is 4.64. The molecule has 0 bridgehead atoms. The summed E-state index contributed by atoms with van der Waals surface area (Å²) < 4.78 is 6.91. The normalized spacial score (nSPS) is 11.9. The van der Waals surface area contributed by atoms with Crippen LogP contribution in [-0.2, 0) is 28.9 Å². The number of hydrogen-bond acceptors (Lipinski definition) is 5. The predicted octanol–water partition coefficient (Wildman–Crippen LogP) is 4.29. The first-order valence-corrected chi connectivity index (χ1v) is 12.1. The molecule has 8 heteroatoms. The summed E-state index contributed by atoms with van der Waals surface area (Å²) in [6, 6.07) is 15.7. The van der Waals surface area contributed by atoms with Crippen molar-refractivity contribution in [2.45, 2.75) is 32.4 Å². The molecule has 176 valence electrons. The lowest BCUT2D eigenvalue weighted by Gasteiger charge is -2.16. The second-order valence-corrected chi connectivity index (χ2v) is 9.04. The van der Waals surface area contributed by atoms with Crippen LogP contribution in [0.2, 0.25) is 0 Å².